The van der Waals surface area contributed by atoms with E-state index in [0.29, 0.717) is 22.8 Å². The lowest BCUT2D eigenvalue weighted by atomic mass is 10.1. The van der Waals surface area contributed by atoms with Crippen LogP contribution in [0.3, 0.4) is 0 Å². The van der Waals surface area contributed by atoms with E-state index < -0.39 is 5.97 Å². The zero-order valence-corrected chi connectivity index (χ0v) is 9.12. The van der Waals surface area contributed by atoms with E-state index in [1.54, 1.807) is 31.2 Å². The first-order valence-electron chi connectivity index (χ1n) is 4.54. The number of carbonyl (C=O) groups excluding carboxylic acids is 1. The SMILES string of the molecule is CCOC(=O)C(=CN)c1ccc(Cl)cc1. The Morgan fingerprint density at radius 2 is 2.07 bits per heavy atom. The van der Waals surface area contributed by atoms with Gasteiger partial charge < -0.3 is 10.5 Å². The van der Waals surface area contributed by atoms with Gasteiger partial charge in [0.2, 0.25) is 0 Å². The van der Waals surface area contributed by atoms with Crippen LogP contribution < -0.4 is 5.73 Å². The van der Waals surface area contributed by atoms with E-state index in [4.69, 9.17) is 22.1 Å². The van der Waals surface area contributed by atoms with Gasteiger partial charge in [-0.2, -0.15) is 0 Å². The predicted molar refractivity (Wildman–Crippen MR) is 60.2 cm³/mol. The summed E-state index contributed by atoms with van der Waals surface area (Å²) in [7, 11) is 0. The van der Waals surface area contributed by atoms with Crippen LogP contribution in [-0.4, -0.2) is 12.6 Å². The minimum atomic E-state index is -0.428. The van der Waals surface area contributed by atoms with Crippen molar-refractivity contribution in [1.29, 1.82) is 0 Å². The van der Waals surface area contributed by atoms with Crippen molar-refractivity contribution in [2.45, 2.75) is 6.92 Å². The molecule has 0 heterocycles. The van der Waals surface area contributed by atoms with Crippen LogP contribution in [0.2, 0.25) is 5.02 Å². The van der Waals surface area contributed by atoms with Gasteiger partial charge in [-0.15, -0.1) is 0 Å². The van der Waals surface area contributed by atoms with E-state index in [9.17, 15) is 4.79 Å². The molecule has 80 valence electrons. The normalized spacial score (nSPS) is 11.2. The summed E-state index contributed by atoms with van der Waals surface area (Å²) in [4.78, 5) is 11.5. The molecule has 0 amide bonds. The molecule has 0 spiro atoms. The molecule has 0 radical (unpaired) electrons. The summed E-state index contributed by atoms with van der Waals surface area (Å²) in [6, 6.07) is 6.83. The van der Waals surface area contributed by atoms with E-state index in [1.165, 1.54) is 6.20 Å². The Balaban J connectivity index is 2.94. The highest BCUT2D eigenvalue weighted by molar-refractivity contribution is 6.30. The highest BCUT2D eigenvalue weighted by Crippen LogP contribution is 2.17. The molecule has 3 nitrogen and oxygen atoms in total. The molecule has 1 aromatic carbocycles. The number of rotatable bonds is 3. The molecule has 0 fully saturated rings. The fourth-order valence-electron chi connectivity index (χ4n) is 1.12. The average Bonchev–Trinajstić information content (AvgIpc) is 2.22. The second-order valence-corrected chi connectivity index (χ2v) is 3.24. The summed E-state index contributed by atoms with van der Waals surface area (Å²) in [5.41, 5.74) is 6.41. The lowest BCUT2D eigenvalue weighted by molar-refractivity contribution is -0.136. The van der Waals surface area contributed by atoms with E-state index in [1.807, 2.05) is 0 Å². The molecule has 4 heteroatoms. The minimum absolute atomic E-state index is 0.323. The third-order valence-electron chi connectivity index (χ3n) is 1.82. The largest absolute Gasteiger partial charge is 0.462 e. The number of ether oxygens (including phenoxy) is 1. The third-order valence-corrected chi connectivity index (χ3v) is 2.07. The number of hydrogen-bond acceptors (Lipinski definition) is 3. The Morgan fingerprint density at radius 3 is 2.53 bits per heavy atom. The molecule has 0 bridgehead atoms. The molecule has 0 aliphatic rings. The molecule has 0 saturated heterocycles. The molecule has 1 rings (SSSR count). The molecule has 1 aromatic rings. The number of hydrogen-bond donors (Lipinski definition) is 1. The molecule has 0 aromatic heterocycles. The van der Waals surface area contributed by atoms with Crippen LogP contribution in [-0.2, 0) is 9.53 Å². The van der Waals surface area contributed by atoms with Gasteiger partial charge >= 0.3 is 5.97 Å². The molecule has 0 aliphatic heterocycles. The van der Waals surface area contributed by atoms with Crippen LogP contribution in [0.15, 0.2) is 30.5 Å². The summed E-state index contributed by atoms with van der Waals surface area (Å²) >= 11 is 5.73. The van der Waals surface area contributed by atoms with Crippen LogP contribution in [0, 0.1) is 0 Å². The second kappa shape index (κ2) is 5.41. The molecular weight excluding hydrogens is 214 g/mol. The number of benzene rings is 1. The van der Waals surface area contributed by atoms with E-state index in [-0.39, 0.29) is 0 Å². The maximum atomic E-state index is 11.5. The standard InChI is InChI=1S/C11H12ClNO2/c1-2-15-11(14)10(7-13)8-3-5-9(12)6-4-8/h3-7H,2,13H2,1H3. The van der Waals surface area contributed by atoms with Crippen molar-refractivity contribution in [2.24, 2.45) is 5.73 Å². The van der Waals surface area contributed by atoms with Crippen molar-refractivity contribution in [1.82, 2.24) is 0 Å². The van der Waals surface area contributed by atoms with Crippen LogP contribution in [0.5, 0.6) is 0 Å². The van der Waals surface area contributed by atoms with Crippen molar-refractivity contribution >= 4 is 23.1 Å². The Hall–Kier alpha value is -1.48. The topological polar surface area (TPSA) is 52.3 Å². The lowest BCUT2D eigenvalue weighted by Crippen LogP contribution is -2.08. The first kappa shape index (κ1) is 11.6. The first-order chi connectivity index (χ1) is 7.19. The zero-order chi connectivity index (χ0) is 11.3. The van der Waals surface area contributed by atoms with E-state index in [0.717, 1.165) is 0 Å². The van der Waals surface area contributed by atoms with Gasteiger partial charge in [0, 0.05) is 11.2 Å². The summed E-state index contributed by atoms with van der Waals surface area (Å²) in [6.45, 7) is 2.07. The smallest absolute Gasteiger partial charge is 0.340 e. The van der Waals surface area contributed by atoms with Crippen molar-refractivity contribution in [3.8, 4) is 0 Å². The van der Waals surface area contributed by atoms with Crippen LogP contribution >= 0.6 is 11.6 Å². The van der Waals surface area contributed by atoms with Gasteiger partial charge in [-0.25, -0.2) is 4.79 Å². The number of esters is 1. The highest BCUT2D eigenvalue weighted by atomic mass is 35.5. The quantitative estimate of drug-likeness (QED) is 0.634. The van der Waals surface area contributed by atoms with Crippen LogP contribution in [0.4, 0.5) is 0 Å². The molecular formula is C11H12ClNO2. The molecule has 0 atom stereocenters. The molecule has 2 N–H and O–H groups in total. The van der Waals surface area contributed by atoms with Crippen molar-refractivity contribution in [3.05, 3.63) is 41.1 Å². The first-order valence-corrected chi connectivity index (χ1v) is 4.91. The van der Waals surface area contributed by atoms with E-state index in [2.05, 4.69) is 0 Å². The third kappa shape index (κ3) is 2.99. The molecule has 15 heavy (non-hydrogen) atoms. The maximum Gasteiger partial charge on any atom is 0.340 e. The Morgan fingerprint density at radius 1 is 1.47 bits per heavy atom. The zero-order valence-electron chi connectivity index (χ0n) is 8.37. The fourth-order valence-corrected chi connectivity index (χ4v) is 1.25. The van der Waals surface area contributed by atoms with Crippen molar-refractivity contribution in [3.63, 3.8) is 0 Å². The van der Waals surface area contributed by atoms with Crippen LogP contribution in [0.1, 0.15) is 12.5 Å². The summed E-state index contributed by atoms with van der Waals surface area (Å²) in [5.74, 6) is -0.428. The van der Waals surface area contributed by atoms with Gasteiger partial charge in [-0.3, -0.25) is 0 Å². The van der Waals surface area contributed by atoms with Crippen LogP contribution in [0.25, 0.3) is 5.57 Å². The fraction of sp³-hybridized carbons (Fsp3) is 0.182. The van der Waals surface area contributed by atoms with Gasteiger partial charge in [0.1, 0.15) is 0 Å². The second-order valence-electron chi connectivity index (χ2n) is 2.81. The van der Waals surface area contributed by atoms with Crippen molar-refractivity contribution < 1.29 is 9.53 Å². The predicted octanol–water partition coefficient (Wildman–Crippen LogP) is 2.20. The Kier molecular flexibility index (Phi) is 4.18. The Bertz CT molecular complexity index is 371. The molecule has 0 aliphatic carbocycles. The average molecular weight is 226 g/mol. The highest BCUT2D eigenvalue weighted by Gasteiger charge is 2.11. The van der Waals surface area contributed by atoms with Gasteiger partial charge in [-0.05, 0) is 24.6 Å². The molecule has 0 saturated carbocycles. The number of halogens is 1. The summed E-state index contributed by atoms with van der Waals surface area (Å²) in [5, 5.41) is 0.610. The summed E-state index contributed by atoms with van der Waals surface area (Å²) in [6.07, 6.45) is 1.24. The van der Waals surface area contributed by atoms with Gasteiger partial charge in [0.15, 0.2) is 0 Å². The number of nitrogens with two attached hydrogens (primary N) is 1. The lowest BCUT2D eigenvalue weighted by Gasteiger charge is -2.06. The molecule has 0 unspecified atom stereocenters. The van der Waals surface area contributed by atoms with E-state index >= 15 is 0 Å². The minimum Gasteiger partial charge on any atom is -0.462 e. The summed E-state index contributed by atoms with van der Waals surface area (Å²) < 4.78 is 4.86. The van der Waals surface area contributed by atoms with Gasteiger partial charge in [-0.1, -0.05) is 23.7 Å². The maximum absolute atomic E-state index is 11.5. The van der Waals surface area contributed by atoms with Gasteiger partial charge in [0.05, 0.1) is 12.2 Å². The Labute approximate surface area is 93.5 Å². The monoisotopic (exact) mass is 225 g/mol. The number of carbonyl (C=O) groups is 1. The van der Waals surface area contributed by atoms with Crippen molar-refractivity contribution in [2.75, 3.05) is 6.61 Å². The van der Waals surface area contributed by atoms with Gasteiger partial charge in [0.25, 0.3) is 0 Å².